The van der Waals surface area contributed by atoms with E-state index in [9.17, 15) is 13.2 Å². The summed E-state index contributed by atoms with van der Waals surface area (Å²) in [5.74, 6) is 0.176. The lowest BCUT2D eigenvalue weighted by Gasteiger charge is -2.24. The zero-order valence-corrected chi connectivity index (χ0v) is 13.9. The molecule has 1 atom stereocenters. The van der Waals surface area contributed by atoms with E-state index in [2.05, 4.69) is 26.0 Å². The van der Waals surface area contributed by atoms with E-state index < -0.39 is 6.36 Å². The summed E-state index contributed by atoms with van der Waals surface area (Å²) in [5.41, 5.74) is -0.0252. The first-order valence-electron chi connectivity index (χ1n) is 6.43. The fraction of sp³-hybridized carbons (Fsp3) is 0.571. The minimum Gasteiger partial charge on any atom is -0.489 e. The number of hydrogen-bond donors (Lipinski definition) is 1. The van der Waals surface area contributed by atoms with Crippen LogP contribution < -0.4 is 14.8 Å². The van der Waals surface area contributed by atoms with E-state index in [4.69, 9.17) is 4.74 Å². The van der Waals surface area contributed by atoms with Gasteiger partial charge in [0.2, 0.25) is 0 Å². The summed E-state index contributed by atoms with van der Waals surface area (Å²) in [7, 11) is 0. The highest BCUT2D eigenvalue weighted by atomic mass is 79.9. The van der Waals surface area contributed by atoms with Crippen LogP contribution in [0, 0.1) is 0 Å². The molecule has 0 aliphatic carbocycles. The quantitative estimate of drug-likeness (QED) is 0.828. The van der Waals surface area contributed by atoms with Crippen molar-refractivity contribution in [3.63, 3.8) is 0 Å². The molecule has 0 amide bonds. The van der Waals surface area contributed by atoms with Gasteiger partial charge in [-0.05, 0) is 61.8 Å². The number of ether oxygens (including phenoxy) is 2. The van der Waals surface area contributed by atoms with Crippen molar-refractivity contribution >= 4 is 15.9 Å². The van der Waals surface area contributed by atoms with Crippen LogP contribution in [0.1, 0.15) is 27.7 Å². The van der Waals surface area contributed by atoms with Gasteiger partial charge in [-0.2, -0.15) is 0 Å². The predicted octanol–water partition coefficient (Wildman–Crippen LogP) is 4.50. The van der Waals surface area contributed by atoms with E-state index in [1.807, 2.05) is 27.7 Å². The Morgan fingerprint density at radius 2 is 1.86 bits per heavy atom. The van der Waals surface area contributed by atoms with Gasteiger partial charge in [0.15, 0.2) is 0 Å². The van der Waals surface area contributed by atoms with Crippen LogP contribution in [0.15, 0.2) is 22.7 Å². The predicted molar refractivity (Wildman–Crippen MR) is 78.7 cm³/mol. The molecule has 0 aliphatic heterocycles. The minimum atomic E-state index is -4.71. The van der Waals surface area contributed by atoms with Crippen LogP contribution in [-0.2, 0) is 0 Å². The summed E-state index contributed by atoms with van der Waals surface area (Å²) in [5, 5.41) is 3.29. The van der Waals surface area contributed by atoms with Crippen molar-refractivity contribution in [3.05, 3.63) is 22.7 Å². The van der Waals surface area contributed by atoms with Gasteiger partial charge in [0, 0.05) is 12.1 Å². The summed E-state index contributed by atoms with van der Waals surface area (Å²) in [4.78, 5) is 0. The van der Waals surface area contributed by atoms with E-state index in [0.29, 0.717) is 12.3 Å². The van der Waals surface area contributed by atoms with Gasteiger partial charge in [-0.3, -0.25) is 0 Å². The number of nitrogens with one attached hydrogen (secondary N) is 1. The molecule has 1 N–H and O–H groups in total. The van der Waals surface area contributed by atoms with Crippen molar-refractivity contribution < 1.29 is 22.6 Å². The van der Waals surface area contributed by atoms with Gasteiger partial charge < -0.3 is 14.8 Å². The molecule has 0 spiro atoms. The fourth-order valence-corrected chi connectivity index (χ4v) is 1.92. The van der Waals surface area contributed by atoms with Crippen molar-refractivity contribution in [1.29, 1.82) is 0 Å². The Morgan fingerprint density at radius 3 is 2.33 bits per heavy atom. The SMILES string of the molecule is CC(CNC(C)(C)C)Oc1ccc(OC(F)(F)F)c(Br)c1. The maximum atomic E-state index is 12.2. The number of rotatable bonds is 5. The van der Waals surface area contributed by atoms with Crippen LogP contribution in [0.2, 0.25) is 0 Å². The Balaban J connectivity index is 2.63. The molecule has 1 unspecified atom stereocenters. The van der Waals surface area contributed by atoms with Gasteiger partial charge >= 0.3 is 6.36 Å². The summed E-state index contributed by atoms with van der Waals surface area (Å²) >= 11 is 3.04. The lowest BCUT2D eigenvalue weighted by atomic mass is 10.1. The molecule has 120 valence electrons. The van der Waals surface area contributed by atoms with Crippen molar-refractivity contribution in [2.45, 2.75) is 45.7 Å². The Kier molecular flexibility index (Phi) is 5.92. The highest BCUT2D eigenvalue weighted by Gasteiger charge is 2.32. The monoisotopic (exact) mass is 369 g/mol. The molecule has 3 nitrogen and oxygen atoms in total. The van der Waals surface area contributed by atoms with E-state index in [-0.39, 0.29) is 21.9 Å². The van der Waals surface area contributed by atoms with Crippen LogP contribution in [0.3, 0.4) is 0 Å². The second-order valence-electron chi connectivity index (χ2n) is 5.70. The highest BCUT2D eigenvalue weighted by molar-refractivity contribution is 9.10. The number of benzene rings is 1. The molecule has 1 rings (SSSR count). The van der Waals surface area contributed by atoms with Gasteiger partial charge in [-0.15, -0.1) is 13.2 Å². The van der Waals surface area contributed by atoms with Crippen molar-refractivity contribution in [1.82, 2.24) is 5.32 Å². The minimum absolute atomic E-state index is 0.0252. The molecule has 0 fully saturated rings. The molecule has 21 heavy (non-hydrogen) atoms. The molecule has 1 aromatic rings. The normalized spacial score (nSPS) is 13.9. The third kappa shape index (κ3) is 7.57. The fourth-order valence-electron chi connectivity index (χ4n) is 1.49. The van der Waals surface area contributed by atoms with Crippen LogP contribution in [0.5, 0.6) is 11.5 Å². The molecule has 0 saturated heterocycles. The first kappa shape index (κ1) is 18.1. The molecule has 0 aromatic heterocycles. The zero-order valence-electron chi connectivity index (χ0n) is 12.3. The lowest BCUT2D eigenvalue weighted by Crippen LogP contribution is -2.41. The zero-order chi connectivity index (χ0) is 16.3. The largest absolute Gasteiger partial charge is 0.573 e. The molecular formula is C14H19BrF3NO2. The molecule has 0 bridgehead atoms. The summed E-state index contributed by atoms with van der Waals surface area (Å²) in [6.07, 6.45) is -4.83. The van der Waals surface area contributed by atoms with Crippen molar-refractivity contribution in [2.24, 2.45) is 0 Å². The second-order valence-corrected chi connectivity index (χ2v) is 6.55. The van der Waals surface area contributed by atoms with Gasteiger partial charge in [0.05, 0.1) is 4.47 Å². The van der Waals surface area contributed by atoms with E-state index >= 15 is 0 Å². The lowest BCUT2D eigenvalue weighted by molar-refractivity contribution is -0.274. The van der Waals surface area contributed by atoms with Gasteiger partial charge in [0.1, 0.15) is 17.6 Å². The molecule has 1 aromatic carbocycles. The molecule has 7 heteroatoms. The van der Waals surface area contributed by atoms with E-state index in [0.717, 1.165) is 0 Å². The molecule has 0 radical (unpaired) electrons. The standard InChI is InChI=1S/C14H19BrF3NO2/c1-9(8-19-13(2,3)4)20-10-5-6-12(11(15)7-10)21-14(16,17)18/h5-7,9,19H,8H2,1-4H3. The Hall–Kier alpha value is -0.950. The average molecular weight is 370 g/mol. The Labute approximate surface area is 130 Å². The Bertz CT molecular complexity index is 472. The number of hydrogen-bond acceptors (Lipinski definition) is 3. The third-order valence-electron chi connectivity index (χ3n) is 2.39. The first-order valence-corrected chi connectivity index (χ1v) is 7.22. The topological polar surface area (TPSA) is 30.5 Å². The van der Waals surface area contributed by atoms with Crippen molar-refractivity contribution in [3.8, 4) is 11.5 Å². The maximum Gasteiger partial charge on any atom is 0.573 e. The molecular weight excluding hydrogens is 351 g/mol. The molecule has 0 aliphatic rings. The number of alkyl halides is 3. The van der Waals surface area contributed by atoms with Crippen LogP contribution in [-0.4, -0.2) is 24.6 Å². The first-order chi connectivity index (χ1) is 9.46. The summed E-state index contributed by atoms with van der Waals surface area (Å²) in [6, 6.07) is 4.12. The van der Waals surface area contributed by atoms with Gasteiger partial charge in [-0.1, -0.05) is 0 Å². The smallest absolute Gasteiger partial charge is 0.489 e. The second kappa shape index (κ2) is 6.87. The van der Waals surface area contributed by atoms with Gasteiger partial charge in [0.25, 0.3) is 0 Å². The maximum absolute atomic E-state index is 12.2. The molecule has 0 saturated carbocycles. The van der Waals surface area contributed by atoms with E-state index in [1.165, 1.54) is 18.2 Å². The highest BCUT2D eigenvalue weighted by Crippen LogP contribution is 2.33. The third-order valence-corrected chi connectivity index (χ3v) is 3.01. The Morgan fingerprint density at radius 1 is 1.24 bits per heavy atom. The average Bonchev–Trinajstić information content (AvgIpc) is 2.28. The number of halogens is 4. The van der Waals surface area contributed by atoms with E-state index in [1.54, 1.807) is 0 Å². The van der Waals surface area contributed by atoms with Crippen molar-refractivity contribution in [2.75, 3.05) is 6.54 Å². The van der Waals surface area contributed by atoms with Crippen LogP contribution in [0.25, 0.3) is 0 Å². The van der Waals surface area contributed by atoms with Crippen LogP contribution in [0.4, 0.5) is 13.2 Å². The van der Waals surface area contributed by atoms with Crippen LogP contribution >= 0.6 is 15.9 Å². The molecule has 0 heterocycles. The summed E-state index contributed by atoms with van der Waals surface area (Å²) in [6.45, 7) is 8.63. The van der Waals surface area contributed by atoms with Gasteiger partial charge in [-0.25, -0.2) is 0 Å². The summed E-state index contributed by atoms with van der Waals surface area (Å²) < 4.78 is 46.2.